The predicted octanol–water partition coefficient (Wildman–Crippen LogP) is 10.4. The molecule has 0 N–H and O–H groups in total. The zero-order chi connectivity index (χ0) is 28.3. The topological polar surface area (TPSA) is 30.7 Å². The van der Waals surface area contributed by atoms with Gasteiger partial charge < -0.3 is 4.57 Å². The molecule has 0 atom stereocenters. The summed E-state index contributed by atoms with van der Waals surface area (Å²) in [4.78, 5) is 10.1. The van der Waals surface area contributed by atoms with Gasteiger partial charge >= 0.3 is 0 Å². The Morgan fingerprint density at radius 1 is 0.395 bits per heavy atom. The third-order valence-electron chi connectivity index (χ3n) is 8.57. The van der Waals surface area contributed by atoms with Gasteiger partial charge in [-0.25, -0.2) is 9.97 Å². The fourth-order valence-corrected chi connectivity index (χ4v) is 6.60. The molecule has 0 fully saturated rings. The molecule has 0 spiro atoms. The van der Waals surface area contributed by atoms with Crippen LogP contribution < -0.4 is 0 Å². The number of aromatic nitrogens is 3. The molecule has 3 aromatic heterocycles. The van der Waals surface area contributed by atoms with E-state index < -0.39 is 0 Å². The van der Waals surface area contributed by atoms with Crippen LogP contribution in [0.1, 0.15) is 0 Å². The molecule has 9 aromatic rings. The molecule has 0 bridgehead atoms. The number of benzene rings is 6. The van der Waals surface area contributed by atoms with E-state index in [0.29, 0.717) is 0 Å². The minimum atomic E-state index is 0.978. The second-order valence-corrected chi connectivity index (χ2v) is 11.0. The van der Waals surface area contributed by atoms with Crippen molar-refractivity contribution in [2.24, 2.45) is 0 Å². The van der Waals surface area contributed by atoms with E-state index in [0.717, 1.165) is 50.0 Å². The number of fused-ring (bicyclic) bond motifs is 8. The van der Waals surface area contributed by atoms with Crippen LogP contribution >= 0.6 is 0 Å². The molecular formula is C40H25N3. The van der Waals surface area contributed by atoms with E-state index in [4.69, 9.17) is 9.97 Å². The van der Waals surface area contributed by atoms with Crippen molar-refractivity contribution in [3.05, 3.63) is 152 Å². The predicted molar refractivity (Wildman–Crippen MR) is 180 cm³/mol. The number of pyridine rings is 2. The first-order valence-corrected chi connectivity index (χ1v) is 14.6. The Balaban J connectivity index is 1.31. The van der Waals surface area contributed by atoms with Crippen molar-refractivity contribution in [3.8, 4) is 28.2 Å². The van der Waals surface area contributed by atoms with E-state index in [2.05, 4.69) is 150 Å². The summed E-state index contributed by atoms with van der Waals surface area (Å²) < 4.78 is 2.39. The summed E-state index contributed by atoms with van der Waals surface area (Å²) >= 11 is 0. The van der Waals surface area contributed by atoms with Crippen LogP contribution in [-0.2, 0) is 0 Å². The molecule has 200 valence electrons. The van der Waals surface area contributed by atoms with Gasteiger partial charge in [0, 0.05) is 49.1 Å². The van der Waals surface area contributed by atoms with Crippen molar-refractivity contribution in [2.75, 3.05) is 0 Å². The van der Waals surface area contributed by atoms with Crippen molar-refractivity contribution in [2.45, 2.75) is 0 Å². The molecular weight excluding hydrogens is 522 g/mol. The molecule has 6 aromatic carbocycles. The van der Waals surface area contributed by atoms with Gasteiger partial charge in [-0.05, 0) is 42.5 Å². The summed E-state index contributed by atoms with van der Waals surface area (Å²) in [6, 6.07) is 53.6. The Hall–Kier alpha value is -5.80. The number of para-hydroxylation sites is 3. The molecule has 0 amide bonds. The molecule has 3 heterocycles. The highest BCUT2D eigenvalue weighted by atomic mass is 15.0. The van der Waals surface area contributed by atoms with Crippen LogP contribution in [-0.4, -0.2) is 14.5 Å². The molecule has 3 heteroatoms. The number of hydrogen-bond donors (Lipinski definition) is 0. The lowest BCUT2D eigenvalue weighted by molar-refractivity contribution is 1.18. The van der Waals surface area contributed by atoms with Gasteiger partial charge in [0.25, 0.3) is 0 Å². The summed E-state index contributed by atoms with van der Waals surface area (Å²) in [6.45, 7) is 0. The second kappa shape index (κ2) is 9.37. The van der Waals surface area contributed by atoms with E-state index in [9.17, 15) is 0 Å². The first-order chi connectivity index (χ1) is 21.3. The molecule has 3 nitrogen and oxygen atoms in total. The number of hydrogen-bond acceptors (Lipinski definition) is 2. The molecule has 0 aliphatic carbocycles. The molecule has 0 saturated carbocycles. The molecule has 9 rings (SSSR count). The molecule has 0 saturated heterocycles. The summed E-state index contributed by atoms with van der Waals surface area (Å²) in [7, 11) is 0. The summed E-state index contributed by atoms with van der Waals surface area (Å²) in [6.07, 6.45) is 0. The van der Waals surface area contributed by atoms with Crippen LogP contribution in [0.5, 0.6) is 0 Å². The quantitative estimate of drug-likeness (QED) is 0.206. The SMILES string of the molecule is c1ccc(-c2nc3ccccc3c3c2ccc2c3c3ccccc3n2-c2ccc(-c3ccc4ccccc4n3)cc2)cc1. The van der Waals surface area contributed by atoms with Crippen LogP contribution in [0, 0.1) is 0 Å². The third kappa shape index (κ3) is 3.68. The van der Waals surface area contributed by atoms with Crippen LogP contribution in [0.25, 0.3) is 82.6 Å². The number of nitrogens with zero attached hydrogens (tertiary/aromatic N) is 3. The van der Waals surface area contributed by atoms with Crippen molar-refractivity contribution in [1.82, 2.24) is 14.5 Å². The summed E-state index contributed by atoms with van der Waals surface area (Å²) in [5, 5.41) is 7.22. The van der Waals surface area contributed by atoms with E-state index in [-0.39, 0.29) is 0 Å². The smallest absolute Gasteiger partial charge is 0.0788 e. The lowest BCUT2D eigenvalue weighted by Crippen LogP contribution is -1.95. The highest BCUT2D eigenvalue weighted by Crippen LogP contribution is 2.42. The fourth-order valence-electron chi connectivity index (χ4n) is 6.60. The minimum Gasteiger partial charge on any atom is -0.309 e. The Bertz CT molecular complexity index is 2490. The molecule has 43 heavy (non-hydrogen) atoms. The first-order valence-electron chi connectivity index (χ1n) is 14.6. The second-order valence-electron chi connectivity index (χ2n) is 11.0. The van der Waals surface area contributed by atoms with E-state index >= 15 is 0 Å². The Kier molecular flexibility index (Phi) is 5.20. The lowest BCUT2D eigenvalue weighted by Gasteiger charge is -2.13. The van der Waals surface area contributed by atoms with Crippen LogP contribution in [0.3, 0.4) is 0 Å². The van der Waals surface area contributed by atoms with Crippen LogP contribution in [0.2, 0.25) is 0 Å². The normalized spacial score (nSPS) is 11.7. The molecule has 0 aliphatic rings. The fraction of sp³-hybridized carbons (Fsp3) is 0. The van der Waals surface area contributed by atoms with Gasteiger partial charge in [-0.1, -0.05) is 109 Å². The van der Waals surface area contributed by atoms with Crippen molar-refractivity contribution < 1.29 is 0 Å². The Morgan fingerprint density at radius 3 is 1.98 bits per heavy atom. The van der Waals surface area contributed by atoms with Crippen molar-refractivity contribution in [3.63, 3.8) is 0 Å². The Labute approximate surface area is 248 Å². The zero-order valence-corrected chi connectivity index (χ0v) is 23.3. The van der Waals surface area contributed by atoms with E-state index in [1.165, 1.54) is 32.6 Å². The van der Waals surface area contributed by atoms with Crippen molar-refractivity contribution in [1.29, 1.82) is 0 Å². The average Bonchev–Trinajstić information content (AvgIpc) is 3.42. The minimum absolute atomic E-state index is 0.978. The number of rotatable bonds is 3. The summed E-state index contributed by atoms with van der Waals surface area (Å²) in [5.74, 6) is 0. The van der Waals surface area contributed by atoms with Crippen LogP contribution in [0.15, 0.2) is 152 Å². The molecule has 0 unspecified atom stereocenters. The van der Waals surface area contributed by atoms with Gasteiger partial charge in [-0.2, -0.15) is 0 Å². The van der Waals surface area contributed by atoms with E-state index in [1.807, 2.05) is 6.07 Å². The van der Waals surface area contributed by atoms with Gasteiger partial charge in [0.05, 0.1) is 33.5 Å². The largest absolute Gasteiger partial charge is 0.309 e. The van der Waals surface area contributed by atoms with Gasteiger partial charge in [0.1, 0.15) is 0 Å². The molecule has 0 radical (unpaired) electrons. The molecule has 0 aliphatic heterocycles. The third-order valence-corrected chi connectivity index (χ3v) is 8.57. The van der Waals surface area contributed by atoms with Crippen molar-refractivity contribution >= 4 is 54.4 Å². The summed E-state index contributed by atoms with van der Waals surface area (Å²) in [5.41, 5.74) is 9.72. The monoisotopic (exact) mass is 547 g/mol. The maximum atomic E-state index is 5.17. The highest BCUT2D eigenvalue weighted by molar-refractivity contribution is 6.29. The lowest BCUT2D eigenvalue weighted by atomic mass is 9.96. The first kappa shape index (κ1) is 23.9. The maximum Gasteiger partial charge on any atom is 0.0788 e. The zero-order valence-electron chi connectivity index (χ0n) is 23.3. The maximum absolute atomic E-state index is 5.17. The Morgan fingerprint density at radius 2 is 1.12 bits per heavy atom. The highest BCUT2D eigenvalue weighted by Gasteiger charge is 2.19. The average molecular weight is 548 g/mol. The van der Waals surface area contributed by atoms with E-state index in [1.54, 1.807) is 0 Å². The van der Waals surface area contributed by atoms with Gasteiger partial charge in [0.15, 0.2) is 0 Å². The van der Waals surface area contributed by atoms with Gasteiger partial charge in [-0.3, -0.25) is 0 Å². The van der Waals surface area contributed by atoms with Gasteiger partial charge in [-0.15, -0.1) is 0 Å². The standard InChI is InChI=1S/C40H25N3/c1-2-11-28(12-3-1)40-32-23-25-37-39(38(32)30-13-5-8-16-35(30)42-40)31-14-6-9-17-36(31)43(37)29-21-18-27(19-22-29)34-24-20-26-10-4-7-15-33(26)41-34/h1-25H. The van der Waals surface area contributed by atoms with Crippen LogP contribution in [0.4, 0.5) is 0 Å². The van der Waals surface area contributed by atoms with Gasteiger partial charge in [0.2, 0.25) is 0 Å².